The van der Waals surface area contributed by atoms with Crippen molar-refractivity contribution in [3.63, 3.8) is 0 Å². The number of nitrogens with one attached hydrogen (secondary N) is 1. The summed E-state index contributed by atoms with van der Waals surface area (Å²) in [6.07, 6.45) is 0. The quantitative estimate of drug-likeness (QED) is 0.321. The summed E-state index contributed by atoms with van der Waals surface area (Å²) >= 11 is 3.47. The number of nitrogens with zero attached hydrogens (tertiary/aromatic N) is 3. The molecule has 5 nitrogen and oxygen atoms in total. The molecule has 1 heterocycles. The van der Waals surface area contributed by atoms with Crippen molar-refractivity contribution in [2.45, 2.75) is 6.92 Å². The SMILES string of the molecule is Cc1cccc(-c2nc(C(=O)Nc3cccc4ccccc34)nn2-c2ccc(Br)cc2)c1. The molecule has 0 aliphatic carbocycles. The molecule has 0 spiro atoms. The van der Waals surface area contributed by atoms with Crippen LogP contribution in [0.3, 0.4) is 0 Å². The minimum absolute atomic E-state index is 0.109. The molecule has 4 aromatic carbocycles. The third-order valence-electron chi connectivity index (χ3n) is 5.20. The van der Waals surface area contributed by atoms with E-state index in [1.807, 2.05) is 97.9 Å². The average Bonchev–Trinajstić information content (AvgIpc) is 3.26. The zero-order valence-electron chi connectivity index (χ0n) is 17.3. The highest BCUT2D eigenvalue weighted by atomic mass is 79.9. The summed E-state index contributed by atoms with van der Waals surface area (Å²) in [5.74, 6) is 0.363. The Bertz CT molecular complexity index is 1430. The fraction of sp³-hybridized carbons (Fsp3) is 0.0385. The maximum absolute atomic E-state index is 13.2. The standard InChI is InChI=1S/C26H19BrN4O/c1-17-6-4-9-19(16-17)25-29-24(30-31(25)21-14-12-20(27)13-15-21)26(32)28-23-11-5-8-18-7-2-3-10-22(18)23/h2-16H,1H3,(H,28,32). The van der Waals surface area contributed by atoms with Crippen LogP contribution in [0.5, 0.6) is 0 Å². The number of carbonyl (C=O) groups is 1. The highest BCUT2D eigenvalue weighted by Gasteiger charge is 2.19. The molecule has 1 amide bonds. The van der Waals surface area contributed by atoms with Gasteiger partial charge in [-0.1, -0.05) is 76.1 Å². The minimum atomic E-state index is -0.355. The Morgan fingerprint density at radius 1 is 0.906 bits per heavy atom. The number of halogens is 1. The van der Waals surface area contributed by atoms with Crippen molar-refractivity contribution >= 4 is 38.3 Å². The lowest BCUT2D eigenvalue weighted by Crippen LogP contribution is -2.14. The van der Waals surface area contributed by atoms with E-state index < -0.39 is 0 Å². The van der Waals surface area contributed by atoms with Gasteiger partial charge in [0, 0.05) is 21.1 Å². The molecular formula is C26H19BrN4O. The first kappa shape index (κ1) is 20.2. The molecule has 1 N–H and O–H groups in total. The number of rotatable bonds is 4. The number of aryl methyl sites for hydroxylation is 1. The summed E-state index contributed by atoms with van der Waals surface area (Å²) in [6, 6.07) is 29.5. The van der Waals surface area contributed by atoms with Crippen LogP contribution in [0.25, 0.3) is 27.8 Å². The lowest BCUT2D eigenvalue weighted by Gasteiger charge is -2.07. The van der Waals surface area contributed by atoms with Crippen LogP contribution < -0.4 is 5.32 Å². The molecule has 0 radical (unpaired) electrons. The maximum Gasteiger partial charge on any atom is 0.295 e. The normalized spacial score (nSPS) is 10.9. The Kier molecular flexibility index (Phi) is 5.29. The molecule has 0 aliphatic rings. The molecule has 0 saturated carbocycles. The predicted octanol–water partition coefficient (Wildman–Crippen LogP) is 6.41. The van der Waals surface area contributed by atoms with E-state index in [1.54, 1.807) is 4.68 Å². The van der Waals surface area contributed by atoms with Gasteiger partial charge in [0.15, 0.2) is 5.82 Å². The van der Waals surface area contributed by atoms with Gasteiger partial charge in [0.1, 0.15) is 0 Å². The smallest absolute Gasteiger partial charge is 0.295 e. The molecule has 32 heavy (non-hydrogen) atoms. The van der Waals surface area contributed by atoms with Crippen molar-refractivity contribution in [2.75, 3.05) is 5.32 Å². The number of amides is 1. The summed E-state index contributed by atoms with van der Waals surface area (Å²) in [5, 5.41) is 9.57. The third kappa shape index (κ3) is 3.92. The van der Waals surface area contributed by atoms with Gasteiger partial charge < -0.3 is 5.32 Å². The van der Waals surface area contributed by atoms with Crippen LogP contribution in [0.2, 0.25) is 0 Å². The largest absolute Gasteiger partial charge is 0.319 e. The van der Waals surface area contributed by atoms with E-state index in [0.29, 0.717) is 5.82 Å². The molecule has 0 fully saturated rings. The molecule has 1 aromatic heterocycles. The van der Waals surface area contributed by atoms with Crippen molar-refractivity contribution < 1.29 is 4.79 Å². The van der Waals surface area contributed by atoms with E-state index in [2.05, 4.69) is 31.3 Å². The highest BCUT2D eigenvalue weighted by molar-refractivity contribution is 9.10. The van der Waals surface area contributed by atoms with E-state index in [0.717, 1.165) is 37.7 Å². The first-order valence-electron chi connectivity index (χ1n) is 10.2. The van der Waals surface area contributed by atoms with E-state index in [9.17, 15) is 4.79 Å². The third-order valence-corrected chi connectivity index (χ3v) is 5.72. The van der Waals surface area contributed by atoms with Gasteiger partial charge in [-0.25, -0.2) is 9.67 Å². The van der Waals surface area contributed by atoms with E-state index >= 15 is 0 Å². The summed E-state index contributed by atoms with van der Waals surface area (Å²) in [4.78, 5) is 17.8. The Morgan fingerprint density at radius 2 is 1.66 bits per heavy atom. The van der Waals surface area contributed by atoms with E-state index in [1.165, 1.54) is 0 Å². The Hall–Kier alpha value is -3.77. The Morgan fingerprint density at radius 3 is 2.47 bits per heavy atom. The summed E-state index contributed by atoms with van der Waals surface area (Å²) < 4.78 is 2.67. The number of benzene rings is 4. The second-order valence-electron chi connectivity index (χ2n) is 7.50. The van der Waals surface area contributed by atoms with Crippen LogP contribution in [-0.4, -0.2) is 20.7 Å². The summed E-state index contributed by atoms with van der Waals surface area (Å²) in [5.41, 5.74) is 3.55. The van der Waals surface area contributed by atoms with Gasteiger partial charge in [-0.15, -0.1) is 5.10 Å². The average molecular weight is 483 g/mol. The topological polar surface area (TPSA) is 59.8 Å². The van der Waals surface area contributed by atoms with Gasteiger partial charge in [-0.05, 0) is 48.7 Å². The van der Waals surface area contributed by atoms with Crippen molar-refractivity contribution in [3.05, 3.63) is 107 Å². The second-order valence-corrected chi connectivity index (χ2v) is 8.41. The molecule has 0 saturated heterocycles. The predicted molar refractivity (Wildman–Crippen MR) is 131 cm³/mol. The molecule has 5 aromatic rings. The van der Waals surface area contributed by atoms with Crippen molar-refractivity contribution in [1.82, 2.24) is 14.8 Å². The molecular weight excluding hydrogens is 464 g/mol. The molecule has 5 rings (SSSR count). The van der Waals surface area contributed by atoms with Crippen LogP contribution in [0.4, 0.5) is 5.69 Å². The highest BCUT2D eigenvalue weighted by Crippen LogP contribution is 2.26. The van der Waals surface area contributed by atoms with Gasteiger partial charge in [0.25, 0.3) is 5.91 Å². The Balaban J connectivity index is 1.57. The van der Waals surface area contributed by atoms with E-state index in [4.69, 9.17) is 0 Å². The van der Waals surface area contributed by atoms with Crippen molar-refractivity contribution in [2.24, 2.45) is 0 Å². The van der Waals surface area contributed by atoms with Gasteiger partial charge in [-0.3, -0.25) is 4.79 Å². The molecule has 0 unspecified atom stereocenters. The van der Waals surface area contributed by atoms with Crippen molar-refractivity contribution in [1.29, 1.82) is 0 Å². The van der Waals surface area contributed by atoms with Crippen LogP contribution in [-0.2, 0) is 0 Å². The summed E-state index contributed by atoms with van der Waals surface area (Å²) in [7, 11) is 0. The fourth-order valence-electron chi connectivity index (χ4n) is 3.65. The van der Waals surface area contributed by atoms with Gasteiger partial charge in [0.2, 0.25) is 5.82 Å². The first-order valence-corrected chi connectivity index (χ1v) is 11.0. The number of aromatic nitrogens is 3. The zero-order valence-corrected chi connectivity index (χ0v) is 18.9. The minimum Gasteiger partial charge on any atom is -0.319 e. The van der Waals surface area contributed by atoms with Gasteiger partial charge >= 0.3 is 0 Å². The van der Waals surface area contributed by atoms with Crippen LogP contribution >= 0.6 is 15.9 Å². The Labute approximate surface area is 193 Å². The number of hydrogen-bond donors (Lipinski definition) is 1. The lowest BCUT2D eigenvalue weighted by molar-refractivity contribution is 0.101. The monoisotopic (exact) mass is 482 g/mol. The van der Waals surface area contributed by atoms with Crippen LogP contribution in [0.1, 0.15) is 16.2 Å². The fourth-order valence-corrected chi connectivity index (χ4v) is 3.92. The molecule has 0 aliphatic heterocycles. The summed E-state index contributed by atoms with van der Waals surface area (Å²) in [6.45, 7) is 2.03. The molecule has 0 bridgehead atoms. The van der Waals surface area contributed by atoms with Crippen LogP contribution in [0, 0.1) is 6.92 Å². The van der Waals surface area contributed by atoms with E-state index in [-0.39, 0.29) is 11.7 Å². The maximum atomic E-state index is 13.2. The van der Waals surface area contributed by atoms with Crippen LogP contribution in [0.15, 0.2) is 95.5 Å². The molecule has 6 heteroatoms. The number of carbonyl (C=O) groups excluding carboxylic acids is 1. The van der Waals surface area contributed by atoms with Gasteiger partial charge in [-0.2, -0.15) is 0 Å². The first-order chi connectivity index (χ1) is 15.6. The number of fused-ring (bicyclic) bond motifs is 1. The molecule has 0 atom stereocenters. The number of anilines is 1. The van der Waals surface area contributed by atoms with Gasteiger partial charge in [0.05, 0.1) is 5.69 Å². The molecule has 156 valence electrons. The lowest BCUT2D eigenvalue weighted by atomic mass is 10.1. The van der Waals surface area contributed by atoms with Crippen molar-refractivity contribution in [3.8, 4) is 17.1 Å². The second kappa shape index (κ2) is 8.40. The number of hydrogen-bond acceptors (Lipinski definition) is 3. The zero-order chi connectivity index (χ0) is 22.1.